The van der Waals surface area contributed by atoms with Crippen LogP contribution in [0.2, 0.25) is 0 Å². The summed E-state index contributed by atoms with van der Waals surface area (Å²) in [7, 11) is 0. The van der Waals surface area contributed by atoms with Crippen LogP contribution in [0.5, 0.6) is 11.5 Å². The van der Waals surface area contributed by atoms with Crippen molar-refractivity contribution in [3.63, 3.8) is 0 Å². The number of hydrogen-bond donors (Lipinski definition) is 0. The molecule has 8 nitrogen and oxygen atoms in total. The van der Waals surface area contributed by atoms with E-state index in [-0.39, 0.29) is 18.6 Å². The first kappa shape index (κ1) is 23.5. The van der Waals surface area contributed by atoms with Gasteiger partial charge in [-0.2, -0.15) is 15.4 Å². The van der Waals surface area contributed by atoms with Crippen LogP contribution in [0, 0.1) is 11.3 Å². The fraction of sp³-hybridized carbons (Fsp3) is 0.280. The molecule has 1 aliphatic heterocycles. The fourth-order valence-electron chi connectivity index (χ4n) is 3.14. The van der Waals surface area contributed by atoms with Crippen molar-refractivity contribution < 1.29 is 23.8 Å². The van der Waals surface area contributed by atoms with Crippen LogP contribution in [0.4, 0.5) is 5.69 Å². The standard InChI is InChI=1S/C25H25N3O5/c1-5-31-23-13-19(8-11-22(23)32-15-24(29)33-16(2)3)12-21-17(4)27-28(25(21)30)20-9-6-18(14-26)7-10-20/h6-13,16H,5,15H2,1-4H3/b21-12+. The number of nitrogens with zero attached hydrogens (tertiary/aromatic N) is 3. The zero-order chi connectivity index (χ0) is 24.0. The van der Waals surface area contributed by atoms with E-state index in [1.54, 1.807) is 69.3 Å². The molecule has 3 rings (SSSR count). The summed E-state index contributed by atoms with van der Waals surface area (Å²) in [4.78, 5) is 24.8. The lowest BCUT2D eigenvalue weighted by Crippen LogP contribution is -2.21. The molecule has 0 fully saturated rings. The van der Waals surface area contributed by atoms with Gasteiger partial charge in [0.05, 0.1) is 41.3 Å². The van der Waals surface area contributed by atoms with E-state index in [0.29, 0.717) is 40.6 Å². The van der Waals surface area contributed by atoms with Gasteiger partial charge < -0.3 is 14.2 Å². The largest absolute Gasteiger partial charge is 0.490 e. The maximum absolute atomic E-state index is 13.0. The molecule has 0 unspecified atom stereocenters. The number of amides is 1. The molecule has 0 aliphatic carbocycles. The zero-order valence-corrected chi connectivity index (χ0v) is 19.0. The first-order chi connectivity index (χ1) is 15.8. The van der Waals surface area contributed by atoms with Gasteiger partial charge in [-0.05, 0) is 75.7 Å². The van der Waals surface area contributed by atoms with E-state index in [4.69, 9.17) is 19.5 Å². The Morgan fingerprint density at radius 3 is 2.52 bits per heavy atom. The van der Waals surface area contributed by atoms with Crippen LogP contribution in [0.15, 0.2) is 53.1 Å². The van der Waals surface area contributed by atoms with Crippen LogP contribution in [0.3, 0.4) is 0 Å². The molecule has 8 heteroatoms. The third-order valence-corrected chi connectivity index (χ3v) is 4.59. The number of nitriles is 1. The van der Waals surface area contributed by atoms with Gasteiger partial charge in [-0.1, -0.05) is 6.07 Å². The zero-order valence-electron chi connectivity index (χ0n) is 19.0. The third-order valence-electron chi connectivity index (χ3n) is 4.59. The van der Waals surface area contributed by atoms with E-state index >= 15 is 0 Å². The van der Waals surface area contributed by atoms with Gasteiger partial charge in [0.15, 0.2) is 18.1 Å². The van der Waals surface area contributed by atoms with Crippen molar-refractivity contribution in [3.05, 3.63) is 59.2 Å². The van der Waals surface area contributed by atoms with E-state index in [1.807, 2.05) is 6.92 Å². The summed E-state index contributed by atoms with van der Waals surface area (Å²) in [6.07, 6.45) is 1.50. The topological polar surface area (TPSA) is 101 Å². The Kier molecular flexibility index (Phi) is 7.46. The van der Waals surface area contributed by atoms with Crippen molar-refractivity contribution in [2.75, 3.05) is 18.2 Å². The summed E-state index contributed by atoms with van der Waals surface area (Å²) in [6, 6.07) is 13.9. The summed E-state index contributed by atoms with van der Waals surface area (Å²) in [5.74, 6) is 0.118. The van der Waals surface area contributed by atoms with Gasteiger partial charge in [0.1, 0.15) is 0 Å². The average molecular weight is 447 g/mol. The minimum Gasteiger partial charge on any atom is -0.490 e. The molecule has 0 saturated heterocycles. The number of benzene rings is 2. The molecule has 0 saturated carbocycles. The molecule has 33 heavy (non-hydrogen) atoms. The first-order valence-electron chi connectivity index (χ1n) is 10.5. The highest BCUT2D eigenvalue weighted by Crippen LogP contribution is 2.31. The second kappa shape index (κ2) is 10.5. The van der Waals surface area contributed by atoms with Crippen molar-refractivity contribution >= 4 is 29.4 Å². The number of ether oxygens (including phenoxy) is 3. The summed E-state index contributed by atoms with van der Waals surface area (Å²) in [6.45, 7) is 7.30. The van der Waals surface area contributed by atoms with E-state index in [1.165, 1.54) is 5.01 Å². The highest BCUT2D eigenvalue weighted by molar-refractivity contribution is 6.32. The van der Waals surface area contributed by atoms with Gasteiger partial charge in [0, 0.05) is 0 Å². The number of hydrogen-bond acceptors (Lipinski definition) is 7. The molecule has 2 aromatic carbocycles. The molecule has 0 radical (unpaired) electrons. The minimum absolute atomic E-state index is 0.223. The predicted molar refractivity (Wildman–Crippen MR) is 124 cm³/mol. The molecule has 0 N–H and O–H groups in total. The number of carbonyl (C=O) groups is 2. The molecule has 0 atom stereocenters. The Bertz CT molecular complexity index is 1140. The lowest BCUT2D eigenvalue weighted by atomic mass is 10.1. The predicted octanol–water partition coefficient (Wildman–Crippen LogP) is 4.09. The maximum atomic E-state index is 13.0. The van der Waals surface area contributed by atoms with E-state index < -0.39 is 5.97 Å². The first-order valence-corrected chi connectivity index (χ1v) is 10.5. The molecular formula is C25H25N3O5. The molecule has 170 valence electrons. The number of rotatable bonds is 8. The van der Waals surface area contributed by atoms with E-state index in [9.17, 15) is 9.59 Å². The van der Waals surface area contributed by atoms with Crippen molar-refractivity contribution in [2.45, 2.75) is 33.8 Å². The van der Waals surface area contributed by atoms with Crippen LogP contribution >= 0.6 is 0 Å². The SMILES string of the molecule is CCOc1cc(/C=C2/C(=O)N(c3ccc(C#N)cc3)N=C2C)ccc1OCC(=O)OC(C)C. The van der Waals surface area contributed by atoms with Gasteiger partial charge in [0.2, 0.25) is 0 Å². The monoisotopic (exact) mass is 447 g/mol. The number of hydrazone groups is 1. The summed E-state index contributed by atoms with van der Waals surface area (Å²) >= 11 is 0. The molecule has 0 spiro atoms. The average Bonchev–Trinajstić information content (AvgIpc) is 3.06. The Labute approximate surface area is 192 Å². The molecule has 1 aliphatic rings. The van der Waals surface area contributed by atoms with Gasteiger partial charge in [-0.3, -0.25) is 4.79 Å². The summed E-state index contributed by atoms with van der Waals surface area (Å²) in [5, 5.41) is 14.6. The second-order valence-electron chi connectivity index (χ2n) is 7.49. The molecular weight excluding hydrogens is 422 g/mol. The molecule has 1 amide bonds. The second-order valence-corrected chi connectivity index (χ2v) is 7.49. The smallest absolute Gasteiger partial charge is 0.344 e. The van der Waals surface area contributed by atoms with Gasteiger partial charge in [-0.15, -0.1) is 0 Å². The Balaban J connectivity index is 1.81. The van der Waals surface area contributed by atoms with Crippen LogP contribution in [0.25, 0.3) is 6.08 Å². The molecule has 0 bridgehead atoms. The third kappa shape index (κ3) is 5.77. The normalized spacial score (nSPS) is 14.3. The lowest BCUT2D eigenvalue weighted by Gasteiger charge is -2.13. The van der Waals surface area contributed by atoms with Crippen molar-refractivity contribution in [2.24, 2.45) is 5.10 Å². The van der Waals surface area contributed by atoms with E-state index in [2.05, 4.69) is 11.2 Å². The lowest BCUT2D eigenvalue weighted by molar-refractivity contribution is -0.149. The number of carbonyl (C=O) groups excluding carboxylic acids is 2. The van der Waals surface area contributed by atoms with Crippen LogP contribution in [-0.2, 0) is 14.3 Å². The minimum atomic E-state index is -0.468. The van der Waals surface area contributed by atoms with Gasteiger partial charge in [0.25, 0.3) is 5.91 Å². The quantitative estimate of drug-likeness (QED) is 0.446. The number of anilines is 1. The van der Waals surface area contributed by atoms with Crippen molar-refractivity contribution in [1.29, 1.82) is 5.26 Å². The summed E-state index contributed by atoms with van der Waals surface area (Å²) < 4.78 is 16.3. The Morgan fingerprint density at radius 1 is 1.15 bits per heavy atom. The summed E-state index contributed by atoms with van der Waals surface area (Å²) in [5.41, 5.74) is 2.81. The van der Waals surface area contributed by atoms with E-state index in [0.717, 1.165) is 5.56 Å². The number of esters is 1. The Hall–Kier alpha value is -4.12. The molecule has 2 aromatic rings. The van der Waals surface area contributed by atoms with Crippen LogP contribution < -0.4 is 14.5 Å². The van der Waals surface area contributed by atoms with Gasteiger partial charge in [-0.25, -0.2) is 4.79 Å². The van der Waals surface area contributed by atoms with Crippen LogP contribution in [-0.4, -0.2) is 36.9 Å². The highest BCUT2D eigenvalue weighted by atomic mass is 16.6. The maximum Gasteiger partial charge on any atom is 0.344 e. The molecule has 1 heterocycles. The van der Waals surface area contributed by atoms with Crippen molar-refractivity contribution in [3.8, 4) is 17.6 Å². The molecule has 0 aromatic heterocycles. The van der Waals surface area contributed by atoms with Crippen molar-refractivity contribution in [1.82, 2.24) is 0 Å². The Morgan fingerprint density at radius 2 is 1.88 bits per heavy atom. The fourth-order valence-corrected chi connectivity index (χ4v) is 3.14. The highest BCUT2D eigenvalue weighted by Gasteiger charge is 2.28. The van der Waals surface area contributed by atoms with Crippen LogP contribution in [0.1, 0.15) is 38.8 Å². The van der Waals surface area contributed by atoms with Gasteiger partial charge >= 0.3 is 5.97 Å².